The van der Waals surface area contributed by atoms with Gasteiger partial charge in [-0.15, -0.1) is 0 Å². The number of carbonyl (C=O) groups is 1. The second kappa shape index (κ2) is 6.11. The van der Waals surface area contributed by atoms with Gasteiger partial charge in [0.05, 0.1) is 4.90 Å². The predicted molar refractivity (Wildman–Crippen MR) is 91.8 cm³/mol. The van der Waals surface area contributed by atoms with Crippen molar-refractivity contribution in [2.24, 2.45) is 17.9 Å². The van der Waals surface area contributed by atoms with E-state index in [1.807, 2.05) is 0 Å². The lowest BCUT2D eigenvalue weighted by atomic mass is 9.99. The van der Waals surface area contributed by atoms with Gasteiger partial charge < -0.3 is 5.73 Å². The predicted octanol–water partition coefficient (Wildman–Crippen LogP) is 0.895. The molecule has 25 heavy (non-hydrogen) atoms. The molecule has 0 bridgehead atoms. The van der Waals surface area contributed by atoms with Crippen LogP contribution in [-0.2, 0) is 17.1 Å². The van der Waals surface area contributed by atoms with Gasteiger partial charge in [0.1, 0.15) is 11.4 Å². The summed E-state index contributed by atoms with van der Waals surface area (Å²) in [7, 11) is -2.17. The van der Waals surface area contributed by atoms with E-state index < -0.39 is 15.9 Å². The lowest BCUT2D eigenvalue weighted by Gasteiger charge is -2.06. The quantitative estimate of drug-likeness (QED) is 0.715. The number of hydrogen-bond acceptors (Lipinski definition) is 5. The Morgan fingerprint density at radius 2 is 1.64 bits per heavy atom. The highest BCUT2D eigenvalue weighted by Gasteiger charge is 2.23. The Bertz CT molecular complexity index is 1040. The van der Waals surface area contributed by atoms with Gasteiger partial charge >= 0.3 is 0 Å². The summed E-state index contributed by atoms with van der Waals surface area (Å²) in [6.07, 6.45) is 3.20. The van der Waals surface area contributed by atoms with Crippen molar-refractivity contribution in [3.05, 3.63) is 54.5 Å². The van der Waals surface area contributed by atoms with Crippen molar-refractivity contribution in [2.75, 3.05) is 0 Å². The third-order valence-corrected chi connectivity index (χ3v) is 4.64. The van der Waals surface area contributed by atoms with E-state index in [1.165, 1.54) is 16.8 Å². The molecule has 8 nitrogen and oxygen atoms in total. The fourth-order valence-electron chi connectivity index (χ4n) is 2.60. The van der Waals surface area contributed by atoms with Gasteiger partial charge in [-0.3, -0.25) is 14.5 Å². The highest BCUT2D eigenvalue weighted by atomic mass is 32.2. The van der Waals surface area contributed by atoms with Crippen molar-refractivity contribution in [2.45, 2.75) is 4.90 Å². The first-order valence-corrected chi connectivity index (χ1v) is 8.74. The topological polar surface area (TPSA) is 134 Å². The maximum absolute atomic E-state index is 11.9. The average Bonchev–Trinajstić information content (AvgIpc) is 2.92. The molecule has 1 aromatic carbocycles. The van der Waals surface area contributed by atoms with Gasteiger partial charge in [-0.05, 0) is 29.8 Å². The number of aromatic nitrogens is 3. The van der Waals surface area contributed by atoms with Gasteiger partial charge in [-0.25, -0.2) is 13.6 Å². The van der Waals surface area contributed by atoms with Crippen LogP contribution in [0.25, 0.3) is 22.4 Å². The number of primary sulfonamides is 1. The standard InChI is InChI=1S/C16H15N5O3S/c1-21-15(16(17)22)13(10-6-8-19-9-7-10)14(20-21)11-2-4-12(5-3-11)25(18,23)24/h2-9H,1H3,(H2,17,22)(H2,18,23,24). The zero-order chi connectivity index (χ0) is 18.2. The van der Waals surface area contributed by atoms with E-state index in [4.69, 9.17) is 10.9 Å². The molecule has 0 saturated heterocycles. The van der Waals surface area contributed by atoms with Gasteiger partial charge in [-0.1, -0.05) is 12.1 Å². The second-order valence-electron chi connectivity index (χ2n) is 5.37. The molecule has 3 aromatic rings. The number of carbonyl (C=O) groups excluding carboxylic acids is 1. The monoisotopic (exact) mass is 357 g/mol. The van der Waals surface area contributed by atoms with Crippen molar-refractivity contribution < 1.29 is 13.2 Å². The largest absolute Gasteiger partial charge is 0.364 e. The molecule has 0 atom stereocenters. The molecule has 2 aromatic heterocycles. The smallest absolute Gasteiger partial charge is 0.267 e. The molecule has 2 heterocycles. The summed E-state index contributed by atoms with van der Waals surface area (Å²) in [4.78, 5) is 15.9. The van der Waals surface area contributed by atoms with Crippen LogP contribution in [0, 0.1) is 0 Å². The highest BCUT2D eigenvalue weighted by molar-refractivity contribution is 7.89. The van der Waals surface area contributed by atoms with Crippen molar-refractivity contribution in [3.8, 4) is 22.4 Å². The summed E-state index contributed by atoms with van der Waals surface area (Å²) in [5.74, 6) is -0.616. The van der Waals surface area contributed by atoms with E-state index in [-0.39, 0.29) is 10.6 Å². The van der Waals surface area contributed by atoms with Crippen LogP contribution in [0.2, 0.25) is 0 Å². The maximum Gasteiger partial charge on any atom is 0.267 e. The van der Waals surface area contributed by atoms with E-state index in [2.05, 4.69) is 10.1 Å². The summed E-state index contributed by atoms with van der Waals surface area (Å²) in [5, 5.41) is 9.50. The molecule has 0 spiro atoms. The van der Waals surface area contributed by atoms with Crippen molar-refractivity contribution in [3.63, 3.8) is 0 Å². The number of benzene rings is 1. The zero-order valence-electron chi connectivity index (χ0n) is 13.2. The van der Waals surface area contributed by atoms with Crippen molar-refractivity contribution in [1.29, 1.82) is 0 Å². The Hall–Kier alpha value is -3.04. The fraction of sp³-hybridized carbons (Fsp3) is 0.0625. The molecule has 0 aliphatic carbocycles. The number of amides is 1. The molecule has 0 aliphatic rings. The van der Waals surface area contributed by atoms with Crippen molar-refractivity contribution >= 4 is 15.9 Å². The summed E-state index contributed by atoms with van der Waals surface area (Å²) in [6.45, 7) is 0. The Morgan fingerprint density at radius 3 is 2.16 bits per heavy atom. The summed E-state index contributed by atoms with van der Waals surface area (Å²) >= 11 is 0. The van der Waals surface area contributed by atoms with Crippen LogP contribution in [0.1, 0.15) is 10.5 Å². The number of pyridine rings is 1. The first kappa shape index (κ1) is 16.8. The fourth-order valence-corrected chi connectivity index (χ4v) is 3.12. The van der Waals surface area contributed by atoms with Crippen LogP contribution >= 0.6 is 0 Å². The third kappa shape index (κ3) is 3.14. The minimum atomic E-state index is -3.79. The number of nitrogens with two attached hydrogens (primary N) is 2. The SMILES string of the molecule is Cn1nc(-c2ccc(S(N)(=O)=O)cc2)c(-c2ccncc2)c1C(N)=O. The van der Waals surface area contributed by atoms with Gasteiger partial charge in [-0.2, -0.15) is 5.10 Å². The number of sulfonamides is 1. The van der Waals surface area contributed by atoms with E-state index in [0.717, 1.165) is 5.56 Å². The van der Waals surface area contributed by atoms with Gasteiger partial charge in [0, 0.05) is 30.6 Å². The molecular formula is C16H15N5O3S. The van der Waals surface area contributed by atoms with E-state index >= 15 is 0 Å². The molecule has 0 saturated carbocycles. The van der Waals surface area contributed by atoms with Crippen LogP contribution in [-0.4, -0.2) is 29.1 Å². The molecule has 4 N–H and O–H groups in total. The Labute approximate surface area is 144 Å². The van der Waals surface area contributed by atoms with Crippen LogP contribution in [0.3, 0.4) is 0 Å². The van der Waals surface area contributed by atoms with E-state index in [1.54, 1.807) is 43.7 Å². The number of rotatable bonds is 4. The summed E-state index contributed by atoms with van der Waals surface area (Å²) < 4.78 is 24.2. The number of aryl methyl sites for hydroxylation is 1. The van der Waals surface area contributed by atoms with Crippen LogP contribution in [0.5, 0.6) is 0 Å². The van der Waals surface area contributed by atoms with Crippen LogP contribution in [0.4, 0.5) is 0 Å². The first-order valence-electron chi connectivity index (χ1n) is 7.19. The first-order chi connectivity index (χ1) is 11.8. The lowest BCUT2D eigenvalue weighted by Crippen LogP contribution is -2.16. The molecule has 0 unspecified atom stereocenters. The Kier molecular flexibility index (Phi) is 4.11. The molecule has 0 aliphatic heterocycles. The minimum Gasteiger partial charge on any atom is -0.364 e. The summed E-state index contributed by atoms with van der Waals surface area (Å²) in [5.41, 5.74) is 8.17. The lowest BCUT2D eigenvalue weighted by molar-refractivity contribution is 0.0992. The van der Waals surface area contributed by atoms with E-state index in [9.17, 15) is 13.2 Å². The van der Waals surface area contributed by atoms with Crippen LogP contribution in [0.15, 0.2) is 53.7 Å². The average molecular weight is 357 g/mol. The molecular weight excluding hydrogens is 342 g/mol. The minimum absolute atomic E-state index is 0.00670. The molecule has 128 valence electrons. The van der Waals surface area contributed by atoms with E-state index in [0.29, 0.717) is 16.8 Å². The normalized spacial score (nSPS) is 11.4. The molecule has 0 fully saturated rings. The summed E-state index contributed by atoms with van der Waals surface area (Å²) in [6, 6.07) is 9.42. The van der Waals surface area contributed by atoms with Gasteiger partial charge in [0.2, 0.25) is 10.0 Å². The zero-order valence-corrected chi connectivity index (χ0v) is 14.1. The van der Waals surface area contributed by atoms with Crippen molar-refractivity contribution in [1.82, 2.24) is 14.8 Å². The Morgan fingerprint density at radius 1 is 1.04 bits per heavy atom. The Balaban J connectivity index is 2.24. The number of hydrogen-bond donors (Lipinski definition) is 2. The van der Waals surface area contributed by atoms with Gasteiger partial charge in [0.15, 0.2) is 0 Å². The number of primary amides is 1. The molecule has 3 rings (SSSR count). The highest BCUT2D eigenvalue weighted by Crippen LogP contribution is 2.34. The van der Waals surface area contributed by atoms with Gasteiger partial charge in [0.25, 0.3) is 5.91 Å². The number of nitrogens with zero attached hydrogens (tertiary/aromatic N) is 3. The van der Waals surface area contributed by atoms with Crippen LogP contribution < -0.4 is 10.9 Å². The molecule has 9 heteroatoms. The maximum atomic E-state index is 11.9. The second-order valence-corrected chi connectivity index (χ2v) is 6.93. The molecule has 1 amide bonds. The molecule has 0 radical (unpaired) electrons. The third-order valence-electron chi connectivity index (χ3n) is 3.71.